The van der Waals surface area contributed by atoms with Gasteiger partial charge in [-0.25, -0.2) is 0 Å². The highest BCUT2D eigenvalue weighted by molar-refractivity contribution is 5.76. The molecule has 1 amide bonds. The fourth-order valence-corrected chi connectivity index (χ4v) is 5.51. The minimum atomic E-state index is -1.78. The number of aliphatic hydroxyl groups is 8. The normalized spacial score (nSPS) is 33.3. The fourth-order valence-electron chi connectivity index (χ4n) is 5.51. The third kappa shape index (κ3) is 13.0. The molecule has 270 valence electrons. The van der Waals surface area contributed by atoms with E-state index in [1.54, 1.807) is 6.08 Å². The molecule has 9 N–H and O–H groups in total. The molecule has 12 unspecified atom stereocenters. The van der Waals surface area contributed by atoms with E-state index < -0.39 is 86.8 Å². The zero-order chi connectivity index (χ0) is 34.1. The average Bonchev–Trinajstić information content (AvgIpc) is 3.05. The average molecular weight is 666 g/mol. The second kappa shape index (κ2) is 22.4. The lowest BCUT2D eigenvalue weighted by molar-refractivity contribution is -0.359. The van der Waals surface area contributed by atoms with Crippen molar-refractivity contribution in [1.29, 1.82) is 0 Å². The van der Waals surface area contributed by atoms with Gasteiger partial charge in [0.2, 0.25) is 5.91 Å². The summed E-state index contributed by atoms with van der Waals surface area (Å²) in [5, 5.41) is 85.2. The van der Waals surface area contributed by atoms with Crippen molar-refractivity contribution in [1.82, 2.24) is 5.32 Å². The molecule has 2 rings (SSSR count). The number of rotatable bonds is 22. The molecule has 14 heteroatoms. The Labute approximate surface area is 272 Å². The van der Waals surface area contributed by atoms with Crippen LogP contribution in [0.4, 0.5) is 0 Å². The van der Waals surface area contributed by atoms with E-state index in [0.29, 0.717) is 6.42 Å². The van der Waals surface area contributed by atoms with Crippen LogP contribution in [0.2, 0.25) is 0 Å². The molecule has 0 aromatic heterocycles. The fraction of sp³-hybridized carbons (Fsp3) is 0.906. The number of allylic oxidation sites excluding steroid dienone is 1. The number of hydrogen-bond acceptors (Lipinski definition) is 13. The van der Waals surface area contributed by atoms with E-state index in [4.69, 9.17) is 18.9 Å². The molecule has 2 aliphatic rings. The molecular formula is C32H59NO13. The second-order valence-corrected chi connectivity index (χ2v) is 12.3. The third-order valence-corrected chi connectivity index (χ3v) is 8.47. The van der Waals surface area contributed by atoms with E-state index in [1.165, 1.54) is 25.7 Å². The van der Waals surface area contributed by atoms with Crippen LogP contribution in [0.15, 0.2) is 12.2 Å². The summed E-state index contributed by atoms with van der Waals surface area (Å²) < 4.78 is 22.3. The van der Waals surface area contributed by atoms with Crippen LogP contribution in [0.5, 0.6) is 0 Å². The van der Waals surface area contributed by atoms with Crippen LogP contribution >= 0.6 is 0 Å². The molecule has 14 nitrogen and oxygen atoms in total. The molecule has 2 fully saturated rings. The van der Waals surface area contributed by atoms with Gasteiger partial charge in [-0.3, -0.25) is 4.79 Å². The van der Waals surface area contributed by atoms with E-state index in [-0.39, 0.29) is 18.9 Å². The van der Waals surface area contributed by atoms with E-state index in [1.807, 2.05) is 6.08 Å². The number of hydrogen-bond donors (Lipinski definition) is 9. The Balaban J connectivity index is 1.99. The van der Waals surface area contributed by atoms with Gasteiger partial charge in [0.1, 0.15) is 48.8 Å². The zero-order valence-corrected chi connectivity index (χ0v) is 27.3. The molecule has 0 radical (unpaired) electrons. The van der Waals surface area contributed by atoms with E-state index in [2.05, 4.69) is 19.2 Å². The molecule has 0 spiro atoms. The molecule has 2 aliphatic heterocycles. The van der Waals surface area contributed by atoms with Crippen molar-refractivity contribution in [2.45, 2.75) is 164 Å². The largest absolute Gasteiger partial charge is 0.394 e. The highest BCUT2D eigenvalue weighted by Gasteiger charge is 2.50. The standard InChI is InChI=1S/C32H59NO13/c1-3-5-7-9-10-11-12-14-16-24(37)33-20(21(36)15-13-8-6-4-2)19-43-31-29(42)27(40)30(23(18-35)45-31)46-32-28(41)26(39)25(38)22(17-34)44-32/h13,15,20-23,25-32,34-36,38-42H,3-12,14,16-19H2,1-2H3,(H,33,37)/b15-13+. The maximum atomic E-state index is 12.8. The first-order chi connectivity index (χ1) is 22.1. The van der Waals surface area contributed by atoms with Crippen LogP contribution in [0.1, 0.15) is 90.9 Å². The van der Waals surface area contributed by atoms with Crippen molar-refractivity contribution in [3.05, 3.63) is 12.2 Å². The van der Waals surface area contributed by atoms with Crippen molar-refractivity contribution in [2.24, 2.45) is 0 Å². The van der Waals surface area contributed by atoms with Crippen molar-refractivity contribution in [3.8, 4) is 0 Å². The van der Waals surface area contributed by atoms with Crippen LogP contribution in [0.3, 0.4) is 0 Å². The highest BCUT2D eigenvalue weighted by Crippen LogP contribution is 2.29. The van der Waals surface area contributed by atoms with E-state index in [0.717, 1.165) is 38.5 Å². The summed E-state index contributed by atoms with van der Waals surface area (Å²) in [7, 11) is 0. The molecule has 12 atom stereocenters. The van der Waals surface area contributed by atoms with Crippen LogP contribution in [0.25, 0.3) is 0 Å². The highest BCUT2D eigenvalue weighted by atomic mass is 16.7. The Morgan fingerprint density at radius 2 is 1.35 bits per heavy atom. The summed E-state index contributed by atoms with van der Waals surface area (Å²) >= 11 is 0. The number of unbranched alkanes of at least 4 members (excludes halogenated alkanes) is 9. The predicted molar refractivity (Wildman–Crippen MR) is 166 cm³/mol. The van der Waals surface area contributed by atoms with Gasteiger partial charge < -0.3 is 65.1 Å². The van der Waals surface area contributed by atoms with Gasteiger partial charge in [0.15, 0.2) is 12.6 Å². The van der Waals surface area contributed by atoms with Crippen LogP contribution < -0.4 is 5.32 Å². The smallest absolute Gasteiger partial charge is 0.220 e. The number of carbonyl (C=O) groups is 1. The summed E-state index contributed by atoms with van der Waals surface area (Å²) in [6.07, 6.45) is -1.90. The maximum absolute atomic E-state index is 12.8. The van der Waals surface area contributed by atoms with Gasteiger partial charge in [0.05, 0.1) is 32.0 Å². The lowest BCUT2D eigenvalue weighted by Crippen LogP contribution is -2.65. The number of aliphatic hydroxyl groups excluding tert-OH is 8. The molecular weight excluding hydrogens is 606 g/mol. The van der Waals surface area contributed by atoms with Crippen LogP contribution in [-0.2, 0) is 23.7 Å². The SMILES string of the molecule is CCCC/C=C/C(O)C(COC1OC(CO)C(OC2OC(CO)C(O)C(O)C2O)C(O)C1O)NC(=O)CCCCCCCCCC. The van der Waals surface area contributed by atoms with Crippen molar-refractivity contribution in [3.63, 3.8) is 0 Å². The minimum Gasteiger partial charge on any atom is -0.394 e. The number of ether oxygens (including phenoxy) is 4. The van der Waals surface area contributed by atoms with Crippen molar-refractivity contribution in [2.75, 3.05) is 19.8 Å². The summed E-state index contributed by atoms with van der Waals surface area (Å²) in [4.78, 5) is 12.8. The zero-order valence-electron chi connectivity index (χ0n) is 27.3. The Bertz CT molecular complexity index is 847. The topological polar surface area (TPSA) is 228 Å². The summed E-state index contributed by atoms with van der Waals surface area (Å²) in [6, 6.07) is -0.900. The van der Waals surface area contributed by atoms with Gasteiger partial charge in [-0.1, -0.05) is 83.8 Å². The van der Waals surface area contributed by atoms with Gasteiger partial charge in [-0.2, -0.15) is 0 Å². The van der Waals surface area contributed by atoms with Crippen LogP contribution in [0, 0.1) is 0 Å². The molecule has 0 aromatic carbocycles. The number of carbonyl (C=O) groups excluding carboxylic acids is 1. The van der Waals surface area contributed by atoms with E-state index in [9.17, 15) is 45.6 Å². The first-order valence-electron chi connectivity index (χ1n) is 16.9. The summed E-state index contributed by atoms with van der Waals surface area (Å²) in [5.74, 6) is -0.257. The van der Waals surface area contributed by atoms with Gasteiger partial charge >= 0.3 is 0 Å². The van der Waals surface area contributed by atoms with Crippen LogP contribution in [-0.4, -0.2) is 140 Å². The number of nitrogens with one attached hydrogen (secondary N) is 1. The lowest BCUT2D eigenvalue weighted by Gasteiger charge is -2.46. The summed E-state index contributed by atoms with van der Waals surface area (Å²) in [5.41, 5.74) is 0. The second-order valence-electron chi connectivity index (χ2n) is 12.3. The molecule has 0 aromatic rings. The molecule has 46 heavy (non-hydrogen) atoms. The molecule has 0 saturated carbocycles. The monoisotopic (exact) mass is 665 g/mol. The van der Waals surface area contributed by atoms with Crippen molar-refractivity contribution >= 4 is 5.91 Å². The number of amides is 1. The predicted octanol–water partition coefficient (Wildman–Crippen LogP) is -0.250. The van der Waals surface area contributed by atoms with Gasteiger partial charge in [-0.15, -0.1) is 0 Å². The van der Waals surface area contributed by atoms with Gasteiger partial charge in [-0.05, 0) is 12.8 Å². The van der Waals surface area contributed by atoms with Gasteiger partial charge in [0, 0.05) is 6.42 Å². The quantitative estimate of drug-likeness (QED) is 0.0538. The minimum absolute atomic E-state index is 0.257. The molecule has 2 heterocycles. The molecule has 0 aliphatic carbocycles. The Morgan fingerprint density at radius 1 is 0.761 bits per heavy atom. The van der Waals surface area contributed by atoms with Crippen molar-refractivity contribution < 1.29 is 64.6 Å². The first kappa shape index (κ1) is 40.9. The molecule has 0 bridgehead atoms. The van der Waals surface area contributed by atoms with Gasteiger partial charge in [0.25, 0.3) is 0 Å². The Hall–Kier alpha value is -1.27. The Morgan fingerprint density at radius 3 is 1.98 bits per heavy atom. The Kier molecular flexibility index (Phi) is 19.9. The lowest BCUT2D eigenvalue weighted by atomic mass is 9.97. The third-order valence-electron chi connectivity index (χ3n) is 8.47. The van der Waals surface area contributed by atoms with E-state index >= 15 is 0 Å². The summed E-state index contributed by atoms with van der Waals surface area (Å²) in [6.45, 7) is 2.51. The maximum Gasteiger partial charge on any atom is 0.220 e. The first-order valence-corrected chi connectivity index (χ1v) is 16.9. The molecule has 2 saturated heterocycles.